The molecule has 1 aromatic heterocycles. The Morgan fingerprint density at radius 1 is 0.926 bits per heavy atom. The zero-order chi connectivity index (χ0) is 18.5. The van der Waals surface area contributed by atoms with Crippen molar-refractivity contribution in [3.8, 4) is 11.5 Å². The number of aromatic nitrogens is 2. The van der Waals surface area contributed by atoms with E-state index in [1.165, 1.54) is 0 Å². The molecule has 7 nitrogen and oxygen atoms in total. The van der Waals surface area contributed by atoms with Gasteiger partial charge >= 0.3 is 0 Å². The Kier molecular flexibility index (Phi) is 4.57. The molecule has 0 aliphatic carbocycles. The summed E-state index contributed by atoms with van der Waals surface area (Å²) in [5.41, 5.74) is 4.83. The van der Waals surface area contributed by atoms with Gasteiger partial charge in [0, 0.05) is 5.56 Å². The third-order valence-corrected chi connectivity index (χ3v) is 3.75. The molecule has 4 rings (SSSR count). The lowest BCUT2D eigenvalue weighted by Crippen LogP contribution is -2.17. The molecule has 27 heavy (non-hydrogen) atoms. The Morgan fingerprint density at radius 3 is 2.48 bits per heavy atom. The molecule has 4 aromatic rings. The van der Waals surface area contributed by atoms with Gasteiger partial charge in [-0.2, -0.15) is 5.10 Å². The molecule has 0 saturated heterocycles. The Morgan fingerprint density at radius 2 is 1.67 bits per heavy atom. The van der Waals surface area contributed by atoms with Crippen LogP contribution in [0.5, 0.6) is 11.5 Å². The number of para-hydroxylation sites is 1. The summed E-state index contributed by atoms with van der Waals surface area (Å²) < 4.78 is 10.3. The highest BCUT2D eigenvalue weighted by Gasteiger charge is 2.07. The lowest BCUT2D eigenvalue weighted by Gasteiger charge is -2.05. The number of fused-ring (bicyclic) bond motifs is 1. The molecule has 0 radical (unpaired) electrons. The van der Waals surface area contributed by atoms with Crippen molar-refractivity contribution in [2.24, 2.45) is 5.10 Å². The largest absolute Gasteiger partial charge is 0.457 e. The smallest absolute Gasteiger partial charge is 0.271 e. The van der Waals surface area contributed by atoms with E-state index in [0.29, 0.717) is 16.6 Å². The summed E-state index contributed by atoms with van der Waals surface area (Å²) in [5.74, 6) is 1.14. The van der Waals surface area contributed by atoms with Crippen molar-refractivity contribution in [1.82, 2.24) is 15.7 Å². The number of carbonyl (C=O) groups excluding carboxylic acids is 1. The lowest BCUT2D eigenvalue weighted by molar-refractivity contribution is 0.0955. The van der Waals surface area contributed by atoms with Gasteiger partial charge < -0.3 is 4.74 Å². The Hall–Kier alpha value is -4.00. The zero-order valence-electron chi connectivity index (χ0n) is 14.1. The maximum absolute atomic E-state index is 12.1. The summed E-state index contributed by atoms with van der Waals surface area (Å²) >= 11 is 0. The third-order valence-electron chi connectivity index (χ3n) is 3.75. The fraction of sp³-hybridized carbons (Fsp3) is 0. The van der Waals surface area contributed by atoms with Gasteiger partial charge in [0.2, 0.25) is 0 Å². The van der Waals surface area contributed by atoms with Gasteiger partial charge in [-0.05, 0) is 70.5 Å². The van der Waals surface area contributed by atoms with Crippen molar-refractivity contribution < 1.29 is 14.2 Å². The fourth-order valence-corrected chi connectivity index (χ4v) is 2.40. The molecule has 0 spiro atoms. The number of rotatable bonds is 5. The number of hydrogen-bond donors (Lipinski definition) is 1. The van der Waals surface area contributed by atoms with E-state index in [2.05, 4.69) is 25.5 Å². The molecule has 1 heterocycles. The number of nitrogens with zero attached hydrogens (tertiary/aromatic N) is 3. The first-order valence-electron chi connectivity index (χ1n) is 8.17. The number of nitrogens with one attached hydrogen (secondary N) is 1. The van der Waals surface area contributed by atoms with E-state index in [0.717, 1.165) is 17.1 Å². The van der Waals surface area contributed by atoms with E-state index in [9.17, 15) is 4.79 Å². The van der Waals surface area contributed by atoms with E-state index in [1.807, 2.05) is 54.6 Å². The lowest BCUT2D eigenvalue weighted by atomic mass is 10.2. The van der Waals surface area contributed by atoms with Crippen LogP contribution in [-0.4, -0.2) is 22.4 Å². The topological polar surface area (TPSA) is 89.6 Å². The van der Waals surface area contributed by atoms with E-state index >= 15 is 0 Å². The van der Waals surface area contributed by atoms with E-state index in [1.54, 1.807) is 24.4 Å². The molecular weight excluding hydrogens is 344 g/mol. The van der Waals surface area contributed by atoms with Crippen molar-refractivity contribution in [2.45, 2.75) is 0 Å². The SMILES string of the molecule is O=C(N/N=C/c1ccc(Oc2ccccc2)cc1)c1ccc2nonc2c1. The Labute approximate surface area is 154 Å². The molecule has 0 fully saturated rings. The van der Waals surface area contributed by atoms with Gasteiger partial charge in [0.25, 0.3) is 5.91 Å². The van der Waals surface area contributed by atoms with E-state index in [-0.39, 0.29) is 5.91 Å². The van der Waals surface area contributed by atoms with Crippen LogP contribution in [0.3, 0.4) is 0 Å². The first-order chi connectivity index (χ1) is 13.3. The molecule has 7 heteroatoms. The Balaban J connectivity index is 1.37. The standard InChI is InChI=1S/C20H14N4O3/c25-20(15-8-11-18-19(12-15)24-27-23-18)22-21-13-14-6-9-17(10-7-14)26-16-4-2-1-3-5-16/h1-13H,(H,22,25)/b21-13+. The molecule has 132 valence electrons. The van der Waals surface area contributed by atoms with Crippen LogP contribution in [0.1, 0.15) is 15.9 Å². The number of amides is 1. The minimum absolute atomic E-state index is 0.347. The maximum Gasteiger partial charge on any atom is 0.271 e. The second-order valence-corrected chi connectivity index (χ2v) is 5.65. The Bertz CT molecular complexity index is 1090. The molecule has 0 atom stereocenters. The van der Waals surface area contributed by atoms with Crippen LogP contribution in [0.4, 0.5) is 0 Å². The third kappa shape index (κ3) is 3.98. The minimum atomic E-state index is -0.347. The molecular formula is C20H14N4O3. The second kappa shape index (κ2) is 7.49. The highest BCUT2D eigenvalue weighted by atomic mass is 16.6. The summed E-state index contributed by atoms with van der Waals surface area (Å²) in [6.45, 7) is 0. The maximum atomic E-state index is 12.1. The number of ether oxygens (including phenoxy) is 1. The molecule has 0 bridgehead atoms. The monoisotopic (exact) mass is 358 g/mol. The van der Waals surface area contributed by atoms with Crippen molar-refractivity contribution >= 4 is 23.2 Å². The van der Waals surface area contributed by atoms with Crippen molar-refractivity contribution in [3.05, 3.63) is 83.9 Å². The molecule has 0 unspecified atom stereocenters. The predicted octanol–water partition coefficient (Wildman–Crippen LogP) is 3.78. The normalized spacial score (nSPS) is 11.0. The zero-order valence-corrected chi connectivity index (χ0v) is 14.1. The minimum Gasteiger partial charge on any atom is -0.457 e. The van der Waals surface area contributed by atoms with Crippen molar-refractivity contribution in [2.75, 3.05) is 0 Å². The summed E-state index contributed by atoms with van der Waals surface area (Å²) in [6, 6.07) is 21.8. The second-order valence-electron chi connectivity index (χ2n) is 5.65. The average Bonchev–Trinajstić information content (AvgIpc) is 3.18. The first kappa shape index (κ1) is 16.5. The average molecular weight is 358 g/mol. The number of benzene rings is 3. The van der Waals surface area contributed by atoms with E-state index < -0.39 is 0 Å². The predicted molar refractivity (Wildman–Crippen MR) is 99.8 cm³/mol. The molecule has 3 aromatic carbocycles. The number of hydrogen-bond acceptors (Lipinski definition) is 6. The molecule has 1 amide bonds. The van der Waals surface area contributed by atoms with Crippen molar-refractivity contribution in [1.29, 1.82) is 0 Å². The molecule has 0 aliphatic rings. The van der Waals surface area contributed by atoms with Gasteiger partial charge in [-0.3, -0.25) is 4.79 Å². The van der Waals surface area contributed by atoms with Gasteiger partial charge in [-0.25, -0.2) is 10.1 Å². The highest BCUT2D eigenvalue weighted by molar-refractivity contribution is 5.97. The van der Waals surface area contributed by atoms with Gasteiger partial charge in [0.15, 0.2) is 0 Å². The summed E-state index contributed by atoms with van der Waals surface area (Å²) in [6.07, 6.45) is 1.56. The van der Waals surface area contributed by atoms with Gasteiger partial charge in [-0.15, -0.1) is 0 Å². The van der Waals surface area contributed by atoms with Gasteiger partial charge in [-0.1, -0.05) is 18.2 Å². The van der Waals surface area contributed by atoms with E-state index in [4.69, 9.17) is 4.74 Å². The van der Waals surface area contributed by atoms with Crippen LogP contribution in [0.25, 0.3) is 11.0 Å². The fourth-order valence-electron chi connectivity index (χ4n) is 2.40. The van der Waals surface area contributed by atoms with Crippen molar-refractivity contribution in [3.63, 3.8) is 0 Å². The molecule has 0 saturated carbocycles. The first-order valence-corrected chi connectivity index (χ1v) is 8.17. The summed E-state index contributed by atoms with van der Waals surface area (Å²) in [7, 11) is 0. The van der Waals surface area contributed by atoms with Crippen LogP contribution in [0, 0.1) is 0 Å². The van der Waals surface area contributed by atoms with Crippen LogP contribution in [-0.2, 0) is 0 Å². The number of carbonyl (C=O) groups is 1. The quantitative estimate of drug-likeness (QED) is 0.433. The van der Waals surface area contributed by atoms with Gasteiger partial charge in [0.1, 0.15) is 22.5 Å². The highest BCUT2D eigenvalue weighted by Crippen LogP contribution is 2.20. The molecule has 1 N–H and O–H groups in total. The van der Waals surface area contributed by atoms with Crippen LogP contribution in [0.2, 0.25) is 0 Å². The summed E-state index contributed by atoms with van der Waals surface area (Å²) in [4.78, 5) is 12.1. The van der Waals surface area contributed by atoms with Crippen LogP contribution >= 0.6 is 0 Å². The van der Waals surface area contributed by atoms with Crippen LogP contribution < -0.4 is 10.2 Å². The number of hydrazone groups is 1. The molecule has 0 aliphatic heterocycles. The summed E-state index contributed by atoms with van der Waals surface area (Å²) in [5, 5.41) is 11.4. The van der Waals surface area contributed by atoms with Gasteiger partial charge in [0.05, 0.1) is 6.21 Å². The van der Waals surface area contributed by atoms with Crippen LogP contribution in [0.15, 0.2) is 82.5 Å².